The lowest BCUT2D eigenvalue weighted by Crippen LogP contribution is -2.36. The molecule has 24 heteroatoms. The zero-order chi connectivity index (χ0) is 44.7. The van der Waals surface area contributed by atoms with E-state index in [1.54, 1.807) is 0 Å². The average molecular weight is 858 g/mol. The molecule has 2 saturated heterocycles. The van der Waals surface area contributed by atoms with Crippen LogP contribution in [-0.4, -0.2) is 107 Å². The lowest BCUT2D eigenvalue weighted by atomic mass is 10.1. The molecule has 2 fully saturated rings. The van der Waals surface area contributed by atoms with Gasteiger partial charge in [0.15, 0.2) is 35.7 Å². The summed E-state index contributed by atoms with van der Waals surface area (Å²) in [6.45, 7) is 7.58. The lowest BCUT2D eigenvalue weighted by Gasteiger charge is -2.17. The molecule has 0 aliphatic carbocycles. The number of nitro groups is 1. The maximum absolute atomic E-state index is 14.1. The fraction of sp³-hybridized carbons (Fsp3) is 0.556. The Balaban J connectivity index is 0.000000246. The highest BCUT2D eigenvalue weighted by Gasteiger charge is 2.43. The SMILES string of the molecule is CCCCCOC(=O)Nc1nc(=O)n([C@@H]2O[C@H](C)[C@@H](O)[C@H]2O)cc1F.CCCCCOC(=O)Oc1ccc([N+](=O)[O-])cc1.C[C@H]1O[C@@H](n2cc(F)c(N)nc2=O)[C@H](O)[C@@H]1O. The number of nitrogens with zero attached hydrogens (tertiary/aromatic N) is 5. The molecule has 0 radical (unpaired) electrons. The summed E-state index contributed by atoms with van der Waals surface area (Å²) in [4.78, 5) is 62.9. The number of rotatable bonds is 13. The number of aromatic nitrogens is 4. The number of nitrogens with one attached hydrogen (secondary N) is 1. The Labute approximate surface area is 340 Å². The molecule has 2 aromatic heterocycles. The number of hydrogen-bond donors (Lipinski definition) is 6. The van der Waals surface area contributed by atoms with E-state index in [0.717, 1.165) is 53.6 Å². The molecule has 0 spiro atoms. The first-order chi connectivity index (χ1) is 28.4. The number of aliphatic hydroxyl groups is 4. The number of amides is 1. The summed E-state index contributed by atoms with van der Waals surface area (Å²) in [6.07, 6.45) is -3.72. The van der Waals surface area contributed by atoms with Crippen molar-refractivity contribution >= 4 is 29.6 Å². The Morgan fingerprint density at radius 1 is 0.817 bits per heavy atom. The number of anilines is 2. The number of aliphatic hydroxyl groups excluding tert-OH is 4. The first-order valence-corrected chi connectivity index (χ1v) is 18.8. The van der Waals surface area contributed by atoms with Crippen LogP contribution in [0.25, 0.3) is 0 Å². The largest absolute Gasteiger partial charge is 0.513 e. The van der Waals surface area contributed by atoms with Crippen molar-refractivity contribution in [3.8, 4) is 5.75 Å². The molecular formula is C36H49F2N7O15. The maximum atomic E-state index is 14.1. The number of nitro benzene ring substituents is 1. The second kappa shape index (κ2) is 23.2. The molecule has 1 amide bonds. The van der Waals surface area contributed by atoms with E-state index < -0.39 is 101 Å². The first kappa shape index (κ1) is 48.7. The Bertz CT molecular complexity index is 2010. The van der Waals surface area contributed by atoms with Gasteiger partial charge in [0.1, 0.15) is 30.2 Å². The molecule has 5 rings (SSSR count). The normalized spacial score (nSPS) is 23.0. The van der Waals surface area contributed by atoms with Crippen molar-refractivity contribution in [1.29, 1.82) is 0 Å². The summed E-state index contributed by atoms with van der Waals surface area (Å²) in [5, 5.41) is 51.2. The molecule has 332 valence electrons. The van der Waals surface area contributed by atoms with Gasteiger partial charge in [0.05, 0.1) is 42.7 Å². The molecule has 2 aliphatic heterocycles. The Morgan fingerprint density at radius 2 is 1.30 bits per heavy atom. The summed E-state index contributed by atoms with van der Waals surface area (Å²) in [5.41, 5.74) is 3.27. The fourth-order valence-electron chi connectivity index (χ4n) is 5.39. The van der Waals surface area contributed by atoms with Crippen LogP contribution < -0.4 is 27.2 Å². The summed E-state index contributed by atoms with van der Waals surface area (Å²) in [7, 11) is 0. The minimum absolute atomic E-state index is 0.0568. The predicted molar refractivity (Wildman–Crippen MR) is 204 cm³/mol. The van der Waals surface area contributed by atoms with Crippen LogP contribution in [0.3, 0.4) is 0 Å². The molecule has 7 N–H and O–H groups in total. The topological polar surface area (TPSA) is 312 Å². The molecule has 60 heavy (non-hydrogen) atoms. The number of nitrogen functional groups attached to an aromatic ring is 1. The number of non-ortho nitro benzene ring substituents is 1. The van der Waals surface area contributed by atoms with Crippen LogP contribution in [0.5, 0.6) is 5.75 Å². The Morgan fingerprint density at radius 3 is 1.77 bits per heavy atom. The molecular weight excluding hydrogens is 808 g/mol. The monoisotopic (exact) mass is 857 g/mol. The quantitative estimate of drug-likeness (QED) is 0.0473. The van der Waals surface area contributed by atoms with E-state index in [0.29, 0.717) is 13.0 Å². The van der Waals surface area contributed by atoms with Crippen LogP contribution in [0.2, 0.25) is 0 Å². The zero-order valence-electron chi connectivity index (χ0n) is 33.1. The number of carbonyl (C=O) groups is 2. The predicted octanol–water partition coefficient (Wildman–Crippen LogP) is 2.66. The molecule has 0 bridgehead atoms. The number of hydrogen-bond acceptors (Lipinski definition) is 18. The van der Waals surface area contributed by atoms with Crippen molar-refractivity contribution in [2.45, 2.75) is 115 Å². The second-order valence-electron chi connectivity index (χ2n) is 13.3. The maximum Gasteiger partial charge on any atom is 0.513 e. The smallest absolute Gasteiger partial charge is 0.449 e. The highest BCUT2D eigenvalue weighted by Crippen LogP contribution is 2.29. The van der Waals surface area contributed by atoms with Gasteiger partial charge in [-0.2, -0.15) is 9.97 Å². The van der Waals surface area contributed by atoms with Crippen LogP contribution in [0.4, 0.5) is 35.7 Å². The van der Waals surface area contributed by atoms with Crippen molar-refractivity contribution in [1.82, 2.24) is 19.1 Å². The van der Waals surface area contributed by atoms with Gasteiger partial charge >= 0.3 is 23.6 Å². The van der Waals surface area contributed by atoms with Gasteiger partial charge in [0.2, 0.25) is 0 Å². The molecule has 3 aromatic rings. The van der Waals surface area contributed by atoms with Crippen LogP contribution in [-0.2, 0) is 18.9 Å². The van der Waals surface area contributed by atoms with E-state index in [-0.39, 0.29) is 18.0 Å². The van der Waals surface area contributed by atoms with Gasteiger partial charge in [-0.15, -0.1) is 0 Å². The number of halogens is 2. The van der Waals surface area contributed by atoms with Gasteiger partial charge < -0.3 is 49.8 Å². The van der Waals surface area contributed by atoms with Crippen molar-refractivity contribution in [2.75, 3.05) is 24.3 Å². The third-order valence-electron chi connectivity index (χ3n) is 8.76. The van der Waals surface area contributed by atoms with Crippen molar-refractivity contribution in [2.24, 2.45) is 0 Å². The molecule has 8 atom stereocenters. The highest BCUT2D eigenvalue weighted by atomic mass is 19.1. The van der Waals surface area contributed by atoms with Gasteiger partial charge in [-0.1, -0.05) is 39.5 Å². The fourth-order valence-corrected chi connectivity index (χ4v) is 5.39. The minimum Gasteiger partial charge on any atom is -0.449 e. The van der Waals surface area contributed by atoms with E-state index in [1.165, 1.54) is 38.1 Å². The van der Waals surface area contributed by atoms with E-state index in [2.05, 4.69) is 22.2 Å². The third-order valence-corrected chi connectivity index (χ3v) is 8.76. The third kappa shape index (κ3) is 13.7. The van der Waals surface area contributed by atoms with Crippen LogP contribution in [0, 0.1) is 21.7 Å². The molecule has 0 unspecified atom stereocenters. The standard InChI is InChI=1S/C15H22FN3O6.C12H15NO5.C9H12FN3O4/c1-3-4-5-6-24-15(23)18-12-9(16)7-19(14(22)17-12)13-11(21)10(20)8(2)25-13;1-2-3-4-9-17-12(14)18-11-7-5-10(6-8-11)13(15)16;1-3-5(14)6(15)8(17-3)13-2-4(10)7(11)12-9(13)16/h7-8,10-11,13,20-21H,3-6H2,1-2H3,(H,17,18,22,23);5-8H,2-4,9H2,1H3;2-3,5-6,8,14-15H,1H3,(H2,11,12,16)/t8-,10-,11-,13-;;3-,5-,6-,8-/m1.1/s1. The summed E-state index contributed by atoms with van der Waals surface area (Å²) in [5.74, 6) is -2.78. The highest BCUT2D eigenvalue weighted by molar-refractivity contribution is 5.83. The first-order valence-electron chi connectivity index (χ1n) is 18.8. The molecule has 1 aromatic carbocycles. The van der Waals surface area contributed by atoms with Gasteiger partial charge in [0, 0.05) is 12.1 Å². The minimum atomic E-state index is -1.41. The zero-order valence-corrected chi connectivity index (χ0v) is 33.1. The lowest BCUT2D eigenvalue weighted by molar-refractivity contribution is -0.384. The van der Waals surface area contributed by atoms with Crippen LogP contribution in [0.1, 0.15) is 78.7 Å². The van der Waals surface area contributed by atoms with Crippen molar-refractivity contribution < 1.29 is 67.4 Å². The van der Waals surface area contributed by atoms with Gasteiger partial charge in [-0.05, 0) is 38.8 Å². The number of nitrogens with two attached hydrogens (primary N) is 1. The second-order valence-corrected chi connectivity index (χ2v) is 13.3. The Kier molecular flexibility index (Phi) is 18.8. The van der Waals surface area contributed by atoms with Gasteiger partial charge in [-0.25, -0.2) is 28.0 Å². The summed E-state index contributed by atoms with van der Waals surface area (Å²) in [6, 6.07) is 5.23. The van der Waals surface area contributed by atoms with E-state index >= 15 is 0 Å². The average Bonchev–Trinajstić information content (AvgIpc) is 3.61. The van der Waals surface area contributed by atoms with Gasteiger partial charge in [-0.3, -0.25) is 24.6 Å². The van der Waals surface area contributed by atoms with E-state index in [4.69, 9.17) is 29.4 Å². The number of ether oxygens (including phenoxy) is 5. The molecule has 22 nitrogen and oxygen atoms in total. The molecule has 0 saturated carbocycles. The molecule has 4 heterocycles. The summed E-state index contributed by atoms with van der Waals surface area (Å²) < 4.78 is 53.7. The number of benzene rings is 1. The van der Waals surface area contributed by atoms with Crippen LogP contribution >= 0.6 is 0 Å². The number of unbranched alkanes of at least 4 members (excludes halogenated alkanes) is 4. The van der Waals surface area contributed by atoms with E-state index in [1.807, 2.05) is 6.92 Å². The van der Waals surface area contributed by atoms with Crippen LogP contribution in [0.15, 0.2) is 46.2 Å². The van der Waals surface area contributed by atoms with Crippen molar-refractivity contribution in [3.05, 3.63) is 79.4 Å². The Hall–Kier alpha value is -5.66. The summed E-state index contributed by atoms with van der Waals surface area (Å²) >= 11 is 0. The van der Waals surface area contributed by atoms with Crippen molar-refractivity contribution in [3.63, 3.8) is 0 Å². The molecule has 2 aliphatic rings. The number of carbonyl (C=O) groups excluding carboxylic acids is 2. The van der Waals surface area contributed by atoms with Gasteiger partial charge in [0.25, 0.3) is 5.69 Å². The van der Waals surface area contributed by atoms with E-state index in [9.17, 15) is 58.5 Å².